The molecule has 0 radical (unpaired) electrons. The highest BCUT2D eigenvalue weighted by Crippen LogP contribution is 2.18. The van der Waals surface area contributed by atoms with Crippen LogP contribution in [0.15, 0.2) is 18.2 Å². The highest BCUT2D eigenvalue weighted by Gasteiger charge is 1.97. The third kappa shape index (κ3) is 2.32. The Morgan fingerprint density at radius 1 is 1.45 bits per heavy atom. The molecule has 0 heterocycles. The van der Waals surface area contributed by atoms with Crippen molar-refractivity contribution in [2.75, 3.05) is 7.11 Å². The lowest BCUT2D eigenvalue weighted by molar-refractivity contribution is 0.411. The van der Waals surface area contributed by atoms with E-state index in [-0.39, 0.29) is 0 Å². The summed E-state index contributed by atoms with van der Waals surface area (Å²) in [6.45, 7) is -0.437. The van der Waals surface area contributed by atoms with Crippen LogP contribution in [0.3, 0.4) is 0 Å². The van der Waals surface area contributed by atoms with Gasteiger partial charge < -0.3 is 4.74 Å². The molecule has 60 valence electrons. The SMILES string of the molecule is COc1cc(I)cc(CF)c1. The van der Waals surface area contributed by atoms with Gasteiger partial charge in [0.1, 0.15) is 12.4 Å². The van der Waals surface area contributed by atoms with Crippen LogP contribution in [-0.2, 0) is 6.67 Å². The molecule has 0 amide bonds. The number of methoxy groups -OCH3 is 1. The Hall–Kier alpha value is -0.320. The average Bonchev–Trinajstić information content (AvgIpc) is 2.03. The lowest BCUT2D eigenvalue weighted by Crippen LogP contribution is -1.86. The summed E-state index contributed by atoms with van der Waals surface area (Å²) in [4.78, 5) is 0. The number of benzene rings is 1. The predicted octanol–water partition coefficient (Wildman–Crippen LogP) is 2.77. The molecule has 0 aromatic heterocycles. The Bertz CT molecular complexity index is 228. The van der Waals surface area contributed by atoms with E-state index in [0.29, 0.717) is 11.3 Å². The second kappa shape index (κ2) is 3.90. The van der Waals surface area contributed by atoms with Crippen LogP contribution in [0.1, 0.15) is 5.56 Å². The van der Waals surface area contributed by atoms with Crippen LogP contribution in [0.25, 0.3) is 0 Å². The van der Waals surface area contributed by atoms with E-state index in [2.05, 4.69) is 22.6 Å². The summed E-state index contributed by atoms with van der Waals surface area (Å²) in [5.41, 5.74) is 0.661. The molecule has 0 aliphatic rings. The molecule has 0 saturated carbocycles. The van der Waals surface area contributed by atoms with Crippen molar-refractivity contribution in [3.05, 3.63) is 27.3 Å². The van der Waals surface area contributed by atoms with E-state index in [1.165, 1.54) is 0 Å². The third-order valence-corrected chi connectivity index (χ3v) is 1.94. The number of ether oxygens (including phenoxy) is 1. The molecule has 0 aliphatic carbocycles. The molecule has 0 N–H and O–H groups in total. The molecule has 11 heavy (non-hydrogen) atoms. The lowest BCUT2D eigenvalue weighted by Gasteiger charge is -2.01. The maximum absolute atomic E-state index is 12.2. The number of halogens is 2. The van der Waals surface area contributed by atoms with E-state index in [4.69, 9.17) is 4.74 Å². The Kier molecular flexibility index (Phi) is 3.11. The van der Waals surface area contributed by atoms with Crippen molar-refractivity contribution in [2.45, 2.75) is 6.67 Å². The normalized spacial score (nSPS) is 9.73. The topological polar surface area (TPSA) is 9.23 Å². The van der Waals surface area contributed by atoms with E-state index in [1.54, 1.807) is 19.2 Å². The Morgan fingerprint density at radius 2 is 2.18 bits per heavy atom. The van der Waals surface area contributed by atoms with Crippen LogP contribution in [0.5, 0.6) is 5.75 Å². The largest absolute Gasteiger partial charge is 0.497 e. The molecule has 3 heteroatoms. The van der Waals surface area contributed by atoms with Crippen molar-refractivity contribution < 1.29 is 9.13 Å². The Labute approximate surface area is 78.7 Å². The molecule has 0 spiro atoms. The molecule has 0 fully saturated rings. The first kappa shape index (κ1) is 8.77. The highest BCUT2D eigenvalue weighted by molar-refractivity contribution is 14.1. The van der Waals surface area contributed by atoms with Crippen molar-refractivity contribution >= 4 is 22.6 Å². The van der Waals surface area contributed by atoms with Gasteiger partial charge in [0, 0.05) is 3.57 Å². The highest BCUT2D eigenvalue weighted by atomic mass is 127. The van der Waals surface area contributed by atoms with Crippen molar-refractivity contribution in [2.24, 2.45) is 0 Å². The predicted molar refractivity (Wildman–Crippen MR) is 50.5 cm³/mol. The lowest BCUT2D eigenvalue weighted by atomic mass is 10.2. The molecule has 0 bridgehead atoms. The Morgan fingerprint density at radius 3 is 2.73 bits per heavy atom. The van der Waals surface area contributed by atoms with E-state index >= 15 is 0 Å². The zero-order valence-electron chi connectivity index (χ0n) is 6.10. The van der Waals surface area contributed by atoms with Gasteiger partial charge >= 0.3 is 0 Å². The molecule has 1 aromatic carbocycles. The van der Waals surface area contributed by atoms with Crippen molar-refractivity contribution in [1.29, 1.82) is 0 Å². The maximum Gasteiger partial charge on any atom is 0.120 e. The number of hydrogen-bond acceptors (Lipinski definition) is 1. The molecule has 1 nitrogen and oxygen atoms in total. The number of hydrogen-bond donors (Lipinski definition) is 0. The van der Waals surface area contributed by atoms with Gasteiger partial charge in [-0.05, 0) is 46.4 Å². The number of rotatable bonds is 2. The summed E-state index contributed by atoms with van der Waals surface area (Å²) in [6.07, 6.45) is 0. The second-order valence-corrected chi connectivity index (χ2v) is 3.38. The fourth-order valence-electron chi connectivity index (χ4n) is 0.816. The van der Waals surface area contributed by atoms with Crippen LogP contribution in [0, 0.1) is 3.57 Å². The molecular formula is C8H8FIO. The van der Waals surface area contributed by atoms with E-state index in [1.807, 2.05) is 6.07 Å². The fraction of sp³-hybridized carbons (Fsp3) is 0.250. The quantitative estimate of drug-likeness (QED) is 0.748. The molecule has 1 rings (SSSR count). The zero-order chi connectivity index (χ0) is 8.27. The van der Waals surface area contributed by atoms with Crippen LogP contribution in [0.4, 0.5) is 4.39 Å². The molecule has 1 aromatic rings. The van der Waals surface area contributed by atoms with Gasteiger partial charge in [0.2, 0.25) is 0 Å². The average molecular weight is 266 g/mol. The van der Waals surface area contributed by atoms with Crippen LogP contribution >= 0.6 is 22.6 Å². The molecule has 0 atom stereocenters. The monoisotopic (exact) mass is 266 g/mol. The van der Waals surface area contributed by atoms with Gasteiger partial charge in [0.15, 0.2) is 0 Å². The van der Waals surface area contributed by atoms with Gasteiger partial charge in [-0.1, -0.05) is 0 Å². The van der Waals surface area contributed by atoms with Crippen molar-refractivity contribution in [3.8, 4) is 5.75 Å². The van der Waals surface area contributed by atoms with Crippen LogP contribution in [-0.4, -0.2) is 7.11 Å². The van der Waals surface area contributed by atoms with Crippen molar-refractivity contribution in [3.63, 3.8) is 0 Å². The zero-order valence-corrected chi connectivity index (χ0v) is 8.26. The Balaban J connectivity index is 3.02. The van der Waals surface area contributed by atoms with Gasteiger partial charge in [-0.3, -0.25) is 0 Å². The fourth-order valence-corrected chi connectivity index (χ4v) is 1.52. The maximum atomic E-state index is 12.2. The molecule has 0 aliphatic heterocycles. The van der Waals surface area contributed by atoms with Gasteiger partial charge in [0.25, 0.3) is 0 Å². The summed E-state index contributed by atoms with van der Waals surface area (Å²) < 4.78 is 18.1. The van der Waals surface area contributed by atoms with E-state index in [9.17, 15) is 4.39 Å². The number of alkyl halides is 1. The summed E-state index contributed by atoms with van der Waals surface area (Å²) in [7, 11) is 1.58. The first-order valence-corrected chi connectivity index (χ1v) is 4.23. The van der Waals surface area contributed by atoms with Gasteiger partial charge in [-0.2, -0.15) is 0 Å². The smallest absolute Gasteiger partial charge is 0.120 e. The van der Waals surface area contributed by atoms with Gasteiger partial charge in [-0.25, -0.2) is 4.39 Å². The summed E-state index contributed by atoms with van der Waals surface area (Å²) in [5.74, 6) is 0.713. The van der Waals surface area contributed by atoms with Gasteiger partial charge in [-0.15, -0.1) is 0 Å². The summed E-state index contributed by atoms with van der Waals surface area (Å²) in [6, 6.07) is 5.35. The standard InChI is InChI=1S/C8H8FIO/c1-11-8-3-6(5-9)2-7(10)4-8/h2-4H,5H2,1H3. The van der Waals surface area contributed by atoms with Gasteiger partial charge in [0.05, 0.1) is 7.11 Å². The van der Waals surface area contributed by atoms with E-state index < -0.39 is 6.67 Å². The molecule has 0 saturated heterocycles. The third-order valence-electron chi connectivity index (χ3n) is 1.32. The van der Waals surface area contributed by atoms with E-state index in [0.717, 1.165) is 3.57 Å². The summed E-state index contributed by atoms with van der Waals surface area (Å²) >= 11 is 2.13. The van der Waals surface area contributed by atoms with Crippen LogP contribution < -0.4 is 4.74 Å². The second-order valence-electron chi connectivity index (χ2n) is 2.13. The summed E-state index contributed by atoms with van der Waals surface area (Å²) in [5, 5.41) is 0. The minimum Gasteiger partial charge on any atom is -0.497 e. The molecule has 0 unspecified atom stereocenters. The molecular weight excluding hydrogens is 258 g/mol. The van der Waals surface area contributed by atoms with Crippen molar-refractivity contribution in [1.82, 2.24) is 0 Å². The van der Waals surface area contributed by atoms with Crippen LogP contribution in [0.2, 0.25) is 0 Å². The minimum absolute atomic E-state index is 0.437. The first-order chi connectivity index (χ1) is 5.26. The first-order valence-electron chi connectivity index (χ1n) is 3.15. The minimum atomic E-state index is -0.437.